The number of esters is 1. The summed E-state index contributed by atoms with van der Waals surface area (Å²) in [6.45, 7) is 7.18. The zero-order valence-corrected chi connectivity index (χ0v) is 21.7. The van der Waals surface area contributed by atoms with Crippen molar-refractivity contribution in [3.63, 3.8) is 0 Å². The Kier molecular flexibility index (Phi) is 13.6. The Labute approximate surface area is 211 Å². The van der Waals surface area contributed by atoms with Gasteiger partial charge in [0.2, 0.25) is 0 Å². The van der Waals surface area contributed by atoms with Crippen molar-refractivity contribution in [2.75, 3.05) is 13.2 Å². The van der Waals surface area contributed by atoms with E-state index < -0.39 is 6.16 Å². The van der Waals surface area contributed by atoms with Gasteiger partial charge >= 0.3 is 12.1 Å². The van der Waals surface area contributed by atoms with Crippen molar-refractivity contribution in [3.8, 4) is 16.9 Å². The van der Waals surface area contributed by atoms with E-state index in [2.05, 4.69) is 20.8 Å². The molecule has 1 unspecified atom stereocenters. The third-order valence-electron chi connectivity index (χ3n) is 6.17. The van der Waals surface area contributed by atoms with Crippen molar-refractivity contribution in [3.05, 3.63) is 54.1 Å². The summed E-state index contributed by atoms with van der Waals surface area (Å²) in [6.07, 6.45) is 11.3. The molecule has 0 N–H and O–H groups in total. The Hall–Kier alpha value is -2.82. The first-order valence-corrected chi connectivity index (χ1v) is 13.3. The minimum Gasteiger partial charge on any atom is -0.462 e. The van der Waals surface area contributed by atoms with Crippen LogP contribution in [0.1, 0.15) is 95.3 Å². The molecule has 5 heteroatoms. The maximum absolute atomic E-state index is 12.2. The lowest BCUT2D eigenvalue weighted by Crippen LogP contribution is -2.11. The van der Waals surface area contributed by atoms with Gasteiger partial charge in [-0.2, -0.15) is 0 Å². The molecule has 0 aliphatic heterocycles. The number of carbonyl (C=O) groups excluding carboxylic acids is 2. The standard InChI is InChI=1S/C30H42O5/c1-4-6-7-8-9-10-11-12-13-22-33-30(32)35-28-20-18-26(19-21-28)25-14-16-27(17-15-25)29(31)34-23-24(3)5-2/h14-21,24H,4-13,22-23H2,1-3H3. The smallest absolute Gasteiger partial charge is 0.462 e. The van der Waals surface area contributed by atoms with E-state index >= 15 is 0 Å². The van der Waals surface area contributed by atoms with Crippen LogP contribution >= 0.6 is 0 Å². The van der Waals surface area contributed by atoms with Gasteiger partial charge in [0.1, 0.15) is 5.75 Å². The average Bonchev–Trinajstić information content (AvgIpc) is 2.88. The van der Waals surface area contributed by atoms with Gasteiger partial charge in [-0.25, -0.2) is 9.59 Å². The number of ether oxygens (including phenoxy) is 3. The molecule has 0 aliphatic rings. The molecule has 0 fully saturated rings. The minimum absolute atomic E-state index is 0.304. The van der Waals surface area contributed by atoms with Crippen LogP contribution in [0.5, 0.6) is 5.75 Å². The van der Waals surface area contributed by atoms with Crippen LogP contribution in [-0.2, 0) is 9.47 Å². The second kappa shape index (κ2) is 16.7. The summed E-state index contributed by atoms with van der Waals surface area (Å²) in [5.74, 6) is 0.490. The molecule has 2 rings (SSSR count). The van der Waals surface area contributed by atoms with Gasteiger partial charge in [0.05, 0.1) is 18.8 Å². The lowest BCUT2D eigenvalue weighted by molar-refractivity contribution is 0.0447. The normalized spacial score (nSPS) is 11.6. The highest BCUT2D eigenvalue weighted by atomic mass is 16.7. The summed E-state index contributed by atoms with van der Waals surface area (Å²) in [4.78, 5) is 24.1. The number of carbonyl (C=O) groups is 2. The molecule has 0 radical (unpaired) electrons. The van der Waals surface area contributed by atoms with E-state index in [-0.39, 0.29) is 5.97 Å². The maximum Gasteiger partial charge on any atom is 0.513 e. The molecule has 0 amide bonds. The Bertz CT molecular complexity index is 857. The summed E-state index contributed by atoms with van der Waals surface area (Å²) < 4.78 is 15.8. The molecule has 0 spiro atoms. The zero-order valence-electron chi connectivity index (χ0n) is 21.7. The van der Waals surface area contributed by atoms with Crippen molar-refractivity contribution in [1.82, 2.24) is 0 Å². The quantitative estimate of drug-likeness (QED) is 0.136. The summed E-state index contributed by atoms with van der Waals surface area (Å²) in [6, 6.07) is 14.5. The van der Waals surface area contributed by atoms with Gasteiger partial charge < -0.3 is 14.2 Å². The van der Waals surface area contributed by atoms with Gasteiger partial charge in [0.25, 0.3) is 0 Å². The van der Waals surface area contributed by atoms with Gasteiger partial charge in [-0.15, -0.1) is 0 Å². The molecule has 0 bridgehead atoms. The molecule has 0 aliphatic carbocycles. The van der Waals surface area contributed by atoms with Gasteiger partial charge in [-0.1, -0.05) is 103 Å². The average molecular weight is 483 g/mol. The Morgan fingerprint density at radius 3 is 1.83 bits per heavy atom. The van der Waals surface area contributed by atoms with Crippen molar-refractivity contribution in [2.45, 2.75) is 85.0 Å². The highest BCUT2D eigenvalue weighted by Gasteiger charge is 2.10. The first-order chi connectivity index (χ1) is 17.0. The van der Waals surface area contributed by atoms with E-state index in [9.17, 15) is 9.59 Å². The predicted molar refractivity (Wildman–Crippen MR) is 141 cm³/mol. The monoisotopic (exact) mass is 482 g/mol. The molecule has 35 heavy (non-hydrogen) atoms. The second-order valence-corrected chi connectivity index (χ2v) is 9.24. The first-order valence-electron chi connectivity index (χ1n) is 13.3. The number of unbranched alkanes of at least 4 members (excludes halogenated alkanes) is 8. The fourth-order valence-corrected chi connectivity index (χ4v) is 3.63. The van der Waals surface area contributed by atoms with E-state index in [0.29, 0.717) is 30.4 Å². The molecule has 192 valence electrons. The third kappa shape index (κ3) is 11.4. The van der Waals surface area contributed by atoms with Gasteiger partial charge in [0.15, 0.2) is 0 Å². The van der Waals surface area contributed by atoms with E-state index in [1.165, 1.54) is 44.9 Å². The molecule has 1 atom stereocenters. The van der Waals surface area contributed by atoms with Crippen molar-refractivity contribution in [1.29, 1.82) is 0 Å². The number of hydrogen-bond donors (Lipinski definition) is 0. The van der Waals surface area contributed by atoms with Crippen LogP contribution < -0.4 is 4.74 Å². The molecule has 0 aromatic heterocycles. The van der Waals surface area contributed by atoms with Crippen LogP contribution in [0.3, 0.4) is 0 Å². The zero-order chi connectivity index (χ0) is 25.3. The largest absolute Gasteiger partial charge is 0.513 e. The summed E-state index contributed by atoms with van der Waals surface area (Å²) in [5.41, 5.74) is 2.45. The van der Waals surface area contributed by atoms with Gasteiger partial charge in [-0.3, -0.25) is 0 Å². The summed E-state index contributed by atoms with van der Waals surface area (Å²) >= 11 is 0. The Morgan fingerprint density at radius 1 is 0.714 bits per heavy atom. The van der Waals surface area contributed by atoms with Crippen molar-refractivity contribution < 1.29 is 23.8 Å². The van der Waals surface area contributed by atoms with Crippen LogP contribution in [0.2, 0.25) is 0 Å². The van der Waals surface area contributed by atoms with Crippen LogP contribution in [0, 0.1) is 5.92 Å². The fourth-order valence-electron chi connectivity index (χ4n) is 3.63. The Morgan fingerprint density at radius 2 is 1.26 bits per heavy atom. The molecule has 0 saturated heterocycles. The number of rotatable bonds is 16. The highest BCUT2D eigenvalue weighted by Crippen LogP contribution is 2.23. The van der Waals surface area contributed by atoms with E-state index in [1.54, 1.807) is 24.3 Å². The van der Waals surface area contributed by atoms with Crippen molar-refractivity contribution in [2.24, 2.45) is 5.92 Å². The summed E-state index contributed by atoms with van der Waals surface area (Å²) in [7, 11) is 0. The van der Waals surface area contributed by atoms with Crippen LogP contribution in [-0.4, -0.2) is 25.3 Å². The van der Waals surface area contributed by atoms with E-state index in [4.69, 9.17) is 14.2 Å². The molecule has 5 nitrogen and oxygen atoms in total. The lowest BCUT2D eigenvalue weighted by Gasteiger charge is -2.10. The van der Waals surface area contributed by atoms with Crippen molar-refractivity contribution >= 4 is 12.1 Å². The Balaban J connectivity index is 1.68. The van der Waals surface area contributed by atoms with Crippen LogP contribution in [0.4, 0.5) is 4.79 Å². The molecule has 0 saturated carbocycles. The minimum atomic E-state index is -0.669. The SMILES string of the molecule is CCCCCCCCCCCOC(=O)Oc1ccc(-c2ccc(C(=O)OCC(C)CC)cc2)cc1. The topological polar surface area (TPSA) is 61.8 Å². The lowest BCUT2D eigenvalue weighted by atomic mass is 10.0. The molecular formula is C30H42O5. The fraction of sp³-hybridized carbons (Fsp3) is 0.533. The molecule has 0 heterocycles. The molecule has 2 aromatic rings. The highest BCUT2D eigenvalue weighted by molar-refractivity contribution is 5.90. The van der Waals surface area contributed by atoms with Crippen LogP contribution in [0.15, 0.2) is 48.5 Å². The van der Waals surface area contributed by atoms with Crippen LogP contribution in [0.25, 0.3) is 11.1 Å². The molecule has 2 aromatic carbocycles. The maximum atomic E-state index is 12.2. The second-order valence-electron chi connectivity index (χ2n) is 9.24. The first kappa shape index (κ1) is 28.4. The van der Waals surface area contributed by atoms with Gasteiger partial charge in [0, 0.05) is 0 Å². The molecular weight excluding hydrogens is 440 g/mol. The third-order valence-corrected chi connectivity index (χ3v) is 6.17. The number of hydrogen-bond acceptors (Lipinski definition) is 5. The number of benzene rings is 2. The summed E-state index contributed by atoms with van der Waals surface area (Å²) in [5, 5.41) is 0. The van der Waals surface area contributed by atoms with E-state index in [0.717, 1.165) is 30.4 Å². The predicted octanol–water partition coefficient (Wildman–Crippen LogP) is 8.60. The van der Waals surface area contributed by atoms with E-state index in [1.807, 2.05) is 24.3 Å². The van der Waals surface area contributed by atoms with Gasteiger partial charge in [-0.05, 0) is 47.7 Å².